The van der Waals surface area contributed by atoms with Gasteiger partial charge in [0.2, 0.25) is 0 Å². The molecule has 0 aliphatic carbocycles. The molecule has 0 unspecified atom stereocenters. The molecular weight excluding hydrogens is 385 g/mol. The van der Waals surface area contributed by atoms with Gasteiger partial charge in [-0.05, 0) is 30.0 Å². The fraction of sp³-hybridized carbons (Fsp3) is 0.250. The first-order valence-electron chi connectivity index (χ1n) is 7.58. The van der Waals surface area contributed by atoms with Crippen LogP contribution < -0.4 is 10.9 Å². The summed E-state index contributed by atoms with van der Waals surface area (Å²) >= 11 is 1.48. The molecule has 0 radical (unpaired) electrons. The summed E-state index contributed by atoms with van der Waals surface area (Å²) in [4.78, 5) is 32.9. The van der Waals surface area contributed by atoms with Gasteiger partial charge in [-0.3, -0.25) is 9.78 Å². The maximum atomic E-state index is 11.8. The normalized spacial score (nSPS) is 12.3. The van der Waals surface area contributed by atoms with Crippen LogP contribution in [0.2, 0.25) is 0 Å². The second-order valence-electron chi connectivity index (χ2n) is 5.34. The number of aliphatic carboxylic acids is 1. The molecule has 3 heterocycles. The zero-order valence-electron chi connectivity index (χ0n) is 13.9. The van der Waals surface area contributed by atoms with Gasteiger partial charge in [0.25, 0.3) is 5.56 Å². The lowest BCUT2D eigenvalue weighted by atomic mass is 10.1. The summed E-state index contributed by atoms with van der Waals surface area (Å²) in [5, 5.41) is 13.0. The molecule has 144 valence electrons. The number of halogens is 3. The van der Waals surface area contributed by atoms with Crippen molar-refractivity contribution in [2.75, 3.05) is 0 Å². The molecule has 0 saturated heterocycles. The Hall–Kier alpha value is -2.79. The molecule has 11 heteroatoms. The van der Waals surface area contributed by atoms with Gasteiger partial charge in [0.05, 0.1) is 11.9 Å². The van der Waals surface area contributed by atoms with Crippen molar-refractivity contribution in [3.05, 3.63) is 57.7 Å². The number of alkyl halides is 3. The monoisotopic (exact) mass is 400 g/mol. The SMILES string of the molecule is C[C@H](NCc1nc2sccc2c(=O)[nH]1)c1cccnc1.O=C(O)C(F)(F)F. The Labute approximate surface area is 154 Å². The van der Waals surface area contributed by atoms with Gasteiger partial charge in [-0.2, -0.15) is 13.2 Å². The molecule has 0 fully saturated rings. The standard InChI is InChI=1S/C14H14N4OS.C2HF3O2/c1-9(10-3-2-5-15-7-10)16-8-12-17-13(19)11-4-6-20-14(11)18-12;3-2(4,5)1(6)7/h2-7,9,16H,8H2,1H3,(H,17,18,19);(H,6,7)/t9-;/m0./s1. The number of fused-ring (bicyclic) bond motifs is 1. The van der Waals surface area contributed by atoms with E-state index in [9.17, 15) is 18.0 Å². The van der Waals surface area contributed by atoms with Crippen LogP contribution in [0, 0.1) is 0 Å². The maximum Gasteiger partial charge on any atom is 0.490 e. The van der Waals surface area contributed by atoms with Crippen molar-refractivity contribution in [3.8, 4) is 0 Å². The van der Waals surface area contributed by atoms with Crippen LogP contribution in [0.15, 0.2) is 40.8 Å². The molecular formula is C16H15F3N4O3S. The first-order valence-corrected chi connectivity index (χ1v) is 8.46. The lowest BCUT2D eigenvalue weighted by Gasteiger charge is -2.13. The number of hydrogen-bond acceptors (Lipinski definition) is 6. The third-order valence-electron chi connectivity index (χ3n) is 3.39. The number of aromatic amines is 1. The highest BCUT2D eigenvalue weighted by molar-refractivity contribution is 7.16. The summed E-state index contributed by atoms with van der Waals surface area (Å²) in [7, 11) is 0. The highest BCUT2D eigenvalue weighted by atomic mass is 32.1. The highest BCUT2D eigenvalue weighted by Gasteiger charge is 2.38. The van der Waals surface area contributed by atoms with Gasteiger partial charge >= 0.3 is 12.1 Å². The van der Waals surface area contributed by atoms with Crippen LogP contribution in [0.3, 0.4) is 0 Å². The fourth-order valence-electron chi connectivity index (χ4n) is 1.99. The predicted octanol–water partition coefficient (Wildman–Crippen LogP) is 2.86. The van der Waals surface area contributed by atoms with Crippen molar-refractivity contribution in [1.29, 1.82) is 0 Å². The molecule has 3 N–H and O–H groups in total. The molecule has 7 nitrogen and oxygen atoms in total. The third-order valence-corrected chi connectivity index (χ3v) is 4.19. The molecule has 3 rings (SSSR count). The maximum absolute atomic E-state index is 11.8. The topological polar surface area (TPSA) is 108 Å². The van der Waals surface area contributed by atoms with Gasteiger partial charge in [-0.25, -0.2) is 9.78 Å². The Morgan fingerprint density at radius 3 is 2.70 bits per heavy atom. The molecule has 0 aliphatic rings. The first-order chi connectivity index (χ1) is 12.7. The van der Waals surface area contributed by atoms with E-state index in [0.717, 1.165) is 10.4 Å². The Kier molecular flexibility index (Phi) is 6.64. The molecule has 0 aromatic carbocycles. The van der Waals surface area contributed by atoms with E-state index in [1.807, 2.05) is 23.7 Å². The van der Waals surface area contributed by atoms with Crippen molar-refractivity contribution in [1.82, 2.24) is 20.3 Å². The van der Waals surface area contributed by atoms with E-state index in [0.29, 0.717) is 17.8 Å². The molecule has 3 aromatic heterocycles. The van der Waals surface area contributed by atoms with Gasteiger partial charge in [0.1, 0.15) is 10.7 Å². The largest absolute Gasteiger partial charge is 0.490 e. The molecule has 27 heavy (non-hydrogen) atoms. The van der Waals surface area contributed by atoms with Gasteiger partial charge in [0.15, 0.2) is 0 Å². The minimum atomic E-state index is -5.08. The molecule has 0 spiro atoms. The van der Waals surface area contributed by atoms with E-state index >= 15 is 0 Å². The number of H-pyrrole nitrogens is 1. The van der Waals surface area contributed by atoms with Gasteiger partial charge in [-0.1, -0.05) is 6.07 Å². The summed E-state index contributed by atoms with van der Waals surface area (Å²) in [6.07, 6.45) is -1.50. The number of carbonyl (C=O) groups is 1. The number of nitrogens with zero attached hydrogens (tertiary/aromatic N) is 2. The zero-order valence-corrected chi connectivity index (χ0v) is 14.8. The lowest BCUT2D eigenvalue weighted by molar-refractivity contribution is -0.192. The Balaban J connectivity index is 0.000000321. The Morgan fingerprint density at radius 1 is 1.41 bits per heavy atom. The zero-order chi connectivity index (χ0) is 20.0. The van der Waals surface area contributed by atoms with E-state index in [1.165, 1.54) is 11.3 Å². The predicted molar refractivity (Wildman–Crippen MR) is 93.4 cm³/mol. The number of pyridine rings is 1. The van der Waals surface area contributed by atoms with Crippen LogP contribution in [-0.4, -0.2) is 32.2 Å². The van der Waals surface area contributed by atoms with Crippen molar-refractivity contribution in [2.45, 2.75) is 25.7 Å². The summed E-state index contributed by atoms with van der Waals surface area (Å²) in [6, 6.07) is 5.86. The minimum absolute atomic E-state index is 0.0814. The summed E-state index contributed by atoms with van der Waals surface area (Å²) in [6.45, 7) is 2.57. The molecule has 3 aromatic rings. The number of carboxylic acids is 1. The summed E-state index contributed by atoms with van der Waals surface area (Å²) in [5.41, 5.74) is 1.02. The van der Waals surface area contributed by atoms with E-state index in [2.05, 4.69) is 27.2 Å². The third kappa shape index (κ3) is 5.86. The number of aromatic nitrogens is 3. The average molecular weight is 400 g/mol. The highest BCUT2D eigenvalue weighted by Crippen LogP contribution is 2.15. The molecule has 1 atom stereocenters. The number of thiophene rings is 1. The minimum Gasteiger partial charge on any atom is -0.475 e. The van der Waals surface area contributed by atoms with Crippen LogP contribution in [0.25, 0.3) is 10.2 Å². The summed E-state index contributed by atoms with van der Waals surface area (Å²) in [5.74, 6) is -2.10. The number of nitrogens with one attached hydrogen (secondary N) is 2. The first kappa shape index (κ1) is 20.5. The van der Waals surface area contributed by atoms with Gasteiger partial charge in [0, 0.05) is 18.4 Å². The Morgan fingerprint density at radius 2 is 2.11 bits per heavy atom. The van der Waals surface area contributed by atoms with Crippen molar-refractivity contribution < 1.29 is 23.1 Å². The van der Waals surface area contributed by atoms with Crippen LogP contribution in [0.4, 0.5) is 13.2 Å². The lowest BCUT2D eigenvalue weighted by Crippen LogP contribution is -2.22. The van der Waals surface area contributed by atoms with Crippen LogP contribution in [0.5, 0.6) is 0 Å². The molecule has 0 amide bonds. The number of hydrogen-bond donors (Lipinski definition) is 3. The van der Waals surface area contributed by atoms with E-state index < -0.39 is 12.1 Å². The molecule has 0 bridgehead atoms. The quantitative estimate of drug-likeness (QED) is 0.622. The van der Waals surface area contributed by atoms with E-state index in [4.69, 9.17) is 9.90 Å². The van der Waals surface area contributed by atoms with Crippen LogP contribution in [-0.2, 0) is 11.3 Å². The van der Waals surface area contributed by atoms with Gasteiger partial charge in [-0.15, -0.1) is 11.3 Å². The Bertz CT molecular complexity index is 957. The number of rotatable bonds is 4. The summed E-state index contributed by atoms with van der Waals surface area (Å²) < 4.78 is 31.7. The van der Waals surface area contributed by atoms with E-state index in [1.54, 1.807) is 12.3 Å². The average Bonchev–Trinajstić information content (AvgIpc) is 3.09. The second-order valence-corrected chi connectivity index (χ2v) is 6.24. The number of carboxylic acid groups (broad SMARTS) is 1. The second kappa shape index (κ2) is 8.73. The molecule has 0 saturated carbocycles. The van der Waals surface area contributed by atoms with Gasteiger partial charge < -0.3 is 15.4 Å². The fourth-order valence-corrected chi connectivity index (χ4v) is 2.78. The van der Waals surface area contributed by atoms with Crippen LogP contribution >= 0.6 is 11.3 Å². The van der Waals surface area contributed by atoms with Crippen molar-refractivity contribution in [2.24, 2.45) is 0 Å². The van der Waals surface area contributed by atoms with E-state index in [-0.39, 0.29) is 11.6 Å². The smallest absolute Gasteiger partial charge is 0.475 e. The van der Waals surface area contributed by atoms with Crippen molar-refractivity contribution in [3.63, 3.8) is 0 Å². The van der Waals surface area contributed by atoms with Crippen LogP contribution in [0.1, 0.15) is 24.4 Å². The molecule has 0 aliphatic heterocycles. The van der Waals surface area contributed by atoms with Crippen molar-refractivity contribution >= 4 is 27.5 Å².